The van der Waals surface area contributed by atoms with E-state index in [1.54, 1.807) is 0 Å². The molecule has 2 heterocycles. The van der Waals surface area contributed by atoms with E-state index in [1.807, 2.05) is 18.2 Å². The van der Waals surface area contributed by atoms with Crippen LogP contribution >= 0.6 is 0 Å². The predicted octanol–water partition coefficient (Wildman–Crippen LogP) is 0.954. The van der Waals surface area contributed by atoms with Gasteiger partial charge in [0.2, 0.25) is 5.95 Å². The molecule has 2 aromatic rings. The van der Waals surface area contributed by atoms with Crippen LogP contribution in [0.4, 0.5) is 5.95 Å². The Morgan fingerprint density at radius 1 is 1.35 bits per heavy atom. The summed E-state index contributed by atoms with van der Waals surface area (Å²) in [5, 5.41) is 0. The number of H-pyrrole nitrogens is 1. The van der Waals surface area contributed by atoms with Crippen LogP contribution < -0.4 is 16.0 Å². The van der Waals surface area contributed by atoms with Gasteiger partial charge < -0.3 is 10.5 Å². The van der Waals surface area contributed by atoms with E-state index < -0.39 is 0 Å². The van der Waals surface area contributed by atoms with Gasteiger partial charge in [0, 0.05) is 18.1 Å². The molecule has 0 saturated heterocycles. The molecule has 5 nitrogen and oxygen atoms in total. The van der Waals surface area contributed by atoms with E-state index in [1.165, 1.54) is 6.07 Å². The number of nitrogen functional groups attached to an aromatic ring is 1. The Morgan fingerprint density at radius 2 is 2.24 bits per heavy atom. The van der Waals surface area contributed by atoms with Crippen LogP contribution in [0.25, 0.3) is 11.3 Å². The predicted molar refractivity (Wildman–Crippen MR) is 63.9 cm³/mol. The number of nitrogens with two attached hydrogens (primary N) is 1. The van der Waals surface area contributed by atoms with Crippen molar-refractivity contribution in [3.05, 3.63) is 40.2 Å². The standard InChI is InChI=1S/C12H11N3O2/c13-12-14-9(6-11(16)15-12)7-1-2-10-8(5-7)3-4-17-10/h1-2,5-6H,3-4H2,(H3,13,14,15,16). The number of nitrogens with zero attached hydrogens (tertiary/aromatic N) is 1. The van der Waals surface area contributed by atoms with Gasteiger partial charge in [-0.3, -0.25) is 9.78 Å². The van der Waals surface area contributed by atoms with Gasteiger partial charge in [0.25, 0.3) is 5.56 Å². The molecule has 0 amide bonds. The molecule has 3 rings (SSSR count). The second kappa shape index (κ2) is 3.62. The van der Waals surface area contributed by atoms with Crippen LogP contribution in [0.2, 0.25) is 0 Å². The number of hydrogen-bond acceptors (Lipinski definition) is 4. The lowest BCUT2D eigenvalue weighted by Crippen LogP contribution is -2.10. The molecule has 1 aromatic heterocycles. The molecular weight excluding hydrogens is 218 g/mol. The first-order chi connectivity index (χ1) is 8.22. The topological polar surface area (TPSA) is 81.0 Å². The average Bonchev–Trinajstić information content (AvgIpc) is 2.74. The van der Waals surface area contributed by atoms with Gasteiger partial charge in [-0.15, -0.1) is 0 Å². The van der Waals surface area contributed by atoms with Gasteiger partial charge in [0.05, 0.1) is 12.3 Å². The van der Waals surface area contributed by atoms with Crippen molar-refractivity contribution in [1.82, 2.24) is 9.97 Å². The number of aromatic amines is 1. The molecule has 0 bridgehead atoms. The van der Waals surface area contributed by atoms with Crippen LogP contribution in [0.15, 0.2) is 29.1 Å². The van der Waals surface area contributed by atoms with E-state index in [0.717, 1.165) is 23.3 Å². The summed E-state index contributed by atoms with van der Waals surface area (Å²) in [6, 6.07) is 7.21. The number of aromatic nitrogens is 2. The monoisotopic (exact) mass is 229 g/mol. The molecule has 0 aliphatic carbocycles. The van der Waals surface area contributed by atoms with Crippen LogP contribution in [0, 0.1) is 0 Å². The summed E-state index contributed by atoms with van der Waals surface area (Å²) in [4.78, 5) is 17.8. The molecule has 5 heteroatoms. The Kier molecular flexibility index (Phi) is 2.11. The molecule has 0 radical (unpaired) electrons. The van der Waals surface area contributed by atoms with Crippen molar-refractivity contribution in [2.24, 2.45) is 0 Å². The number of nitrogens with one attached hydrogen (secondary N) is 1. The van der Waals surface area contributed by atoms with Crippen LogP contribution in [0.5, 0.6) is 5.75 Å². The summed E-state index contributed by atoms with van der Waals surface area (Å²) in [5.41, 5.74) is 7.88. The first-order valence-electron chi connectivity index (χ1n) is 5.35. The summed E-state index contributed by atoms with van der Waals surface area (Å²) in [7, 11) is 0. The van der Waals surface area contributed by atoms with E-state index >= 15 is 0 Å². The van der Waals surface area contributed by atoms with Gasteiger partial charge in [-0.1, -0.05) is 0 Å². The summed E-state index contributed by atoms with van der Waals surface area (Å²) >= 11 is 0. The van der Waals surface area contributed by atoms with Gasteiger partial charge in [-0.05, 0) is 23.8 Å². The maximum Gasteiger partial charge on any atom is 0.252 e. The van der Waals surface area contributed by atoms with Crippen molar-refractivity contribution in [2.75, 3.05) is 12.3 Å². The minimum absolute atomic E-state index is 0.129. The third kappa shape index (κ3) is 1.75. The number of rotatable bonds is 1. The Morgan fingerprint density at radius 3 is 3.06 bits per heavy atom. The number of benzene rings is 1. The molecule has 0 saturated carbocycles. The number of fused-ring (bicyclic) bond motifs is 1. The quantitative estimate of drug-likeness (QED) is 0.763. The molecule has 3 N–H and O–H groups in total. The SMILES string of the molecule is Nc1nc(-c2ccc3c(c2)CCO3)cc(=O)[nH]1. The Labute approximate surface area is 97.3 Å². The van der Waals surface area contributed by atoms with E-state index in [-0.39, 0.29) is 11.5 Å². The van der Waals surface area contributed by atoms with Gasteiger partial charge in [-0.25, -0.2) is 4.98 Å². The average molecular weight is 229 g/mol. The molecule has 86 valence electrons. The lowest BCUT2D eigenvalue weighted by atomic mass is 10.1. The van der Waals surface area contributed by atoms with Gasteiger partial charge in [0.15, 0.2) is 0 Å². The number of anilines is 1. The highest BCUT2D eigenvalue weighted by molar-refractivity contribution is 5.63. The molecule has 0 spiro atoms. The maximum absolute atomic E-state index is 11.3. The van der Waals surface area contributed by atoms with Crippen molar-refractivity contribution in [3.63, 3.8) is 0 Å². The first kappa shape index (κ1) is 9.89. The molecule has 0 atom stereocenters. The first-order valence-corrected chi connectivity index (χ1v) is 5.35. The number of ether oxygens (including phenoxy) is 1. The highest BCUT2D eigenvalue weighted by atomic mass is 16.5. The van der Waals surface area contributed by atoms with Crippen LogP contribution in [-0.2, 0) is 6.42 Å². The lowest BCUT2D eigenvalue weighted by molar-refractivity contribution is 0.357. The molecule has 17 heavy (non-hydrogen) atoms. The third-order valence-electron chi connectivity index (χ3n) is 2.75. The van der Waals surface area contributed by atoms with E-state index in [0.29, 0.717) is 12.3 Å². The van der Waals surface area contributed by atoms with Crippen LogP contribution in [0.3, 0.4) is 0 Å². The zero-order valence-corrected chi connectivity index (χ0v) is 9.06. The Hall–Kier alpha value is -2.30. The summed E-state index contributed by atoms with van der Waals surface area (Å²) in [5.74, 6) is 1.04. The largest absolute Gasteiger partial charge is 0.493 e. The number of hydrogen-bond donors (Lipinski definition) is 2. The molecule has 0 unspecified atom stereocenters. The molecular formula is C12H11N3O2. The normalized spacial score (nSPS) is 13.2. The molecule has 1 aromatic carbocycles. The third-order valence-corrected chi connectivity index (χ3v) is 2.75. The molecule has 1 aliphatic heterocycles. The second-order valence-electron chi connectivity index (χ2n) is 3.94. The highest BCUT2D eigenvalue weighted by Gasteiger charge is 2.13. The van der Waals surface area contributed by atoms with Crippen LogP contribution in [0.1, 0.15) is 5.56 Å². The molecule has 0 fully saturated rings. The van der Waals surface area contributed by atoms with Crippen molar-refractivity contribution >= 4 is 5.95 Å². The smallest absolute Gasteiger partial charge is 0.252 e. The fourth-order valence-electron chi connectivity index (χ4n) is 1.97. The van der Waals surface area contributed by atoms with Gasteiger partial charge >= 0.3 is 0 Å². The van der Waals surface area contributed by atoms with E-state index in [4.69, 9.17) is 10.5 Å². The second-order valence-corrected chi connectivity index (χ2v) is 3.94. The van der Waals surface area contributed by atoms with Gasteiger partial charge in [-0.2, -0.15) is 0 Å². The highest BCUT2D eigenvalue weighted by Crippen LogP contribution is 2.29. The molecule has 1 aliphatic rings. The van der Waals surface area contributed by atoms with Gasteiger partial charge in [0.1, 0.15) is 5.75 Å². The van der Waals surface area contributed by atoms with Crippen molar-refractivity contribution in [2.45, 2.75) is 6.42 Å². The van der Waals surface area contributed by atoms with E-state index in [9.17, 15) is 4.79 Å². The zero-order valence-electron chi connectivity index (χ0n) is 9.06. The zero-order chi connectivity index (χ0) is 11.8. The van der Waals surface area contributed by atoms with Crippen molar-refractivity contribution < 1.29 is 4.74 Å². The van der Waals surface area contributed by atoms with Crippen LogP contribution in [-0.4, -0.2) is 16.6 Å². The fraction of sp³-hybridized carbons (Fsp3) is 0.167. The minimum Gasteiger partial charge on any atom is -0.493 e. The van der Waals surface area contributed by atoms with E-state index in [2.05, 4.69) is 9.97 Å². The van der Waals surface area contributed by atoms with Crippen molar-refractivity contribution in [3.8, 4) is 17.0 Å². The minimum atomic E-state index is -0.246. The lowest BCUT2D eigenvalue weighted by Gasteiger charge is -2.04. The van der Waals surface area contributed by atoms with Crippen molar-refractivity contribution in [1.29, 1.82) is 0 Å². The fourth-order valence-corrected chi connectivity index (χ4v) is 1.97. The Bertz CT molecular complexity index is 634. The maximum atomic E-state index is 11.3. The Balaban J connectivity index is 2.12. The summed E-state index contributed by atoms with van der Waals surface area (Å²) < 4.78 is 5.42. The summed E-state index contributed by atoms with van der Waals surface area (Å²) in [6.45, 7) is 0.712. The summed E-state index contributed by atoms with van der Waals surface area (Å²) in [6.07, 6.45) is 0.891.